The lowest BCUT2D eigenvalue weighted by Gasteiger charge is -2.12. The highest BCUT2D eigenvalue weighted by Crippen LogP contribution is 2.35. The van der Waals surface area contributed by atoms with E-state index in [0.717, 1.165) is 38.7 Å². The number of nitrogens with zero attached hydrogens (tertiary/aromatic N) is 3. The largest absolute Gasteiger partial charge is 0.342 e. The molecular weight excluding hydrogens is 469 g/mol. The Kier molecular flexibility index (Phi) is 5.92. The van der Waals surface area contributed by atoms with Gasteiger partial charge in [-0.3, -0.25) is 24.6 Å². The molecule has 2 amide bonds. The highest BCUT2D eigenvalue weighted by Gasteiger charge is 2.35. The van der Waals surface area contributed by atoms with Gasteiger partial charge in [0.05, 0.1) is 16.4 Å². The van der Waals surface area contributed by atoms with E-state index in [2.05, 4.69) is 0 Å². The maximum atomic E-state index is 13.3. The summed E-state index contributed by atoms with van der Waals surface area (Å²) >= 11 is 0.867. The molecule has 0 spiro atoms. The van der Waals surface area contributed by atoms with Crippen molar-refractivity contribution in [2.24, 2.45) is 0 Å². The molecule has 1 saturated heterocycles. The smallest absolute Gasteiger partial charge is 0.293 e. The Hall–Kier alpha value is -4.24. The second kappa shape index (κ2) is 9.19. The number of fused-ring (bicyclic) bond motifs is 1. The molecule has 0 saturated carbocycles. The molecule has 4 aromatic rings. The Morgan fingerprint density at radius 1 is 0.914 bits per heavy atom. The zero-order valence-electron chi connectivity index (χ0n) is 18.3. The molecule has 5 rings (SSSR count). The van der Waals surface area contributed by atoms with Gasteiger partial charge in [0.15, 0.2) is 0 Å². The van der Waals surface area contributed by atoms with E-state index >= 15 is 0 Å². The number of carbonyl (C=O) groups excluding carboxylic acids is 2. The molecule has 0 atom stereocenters. The van der Waals surface area contributed by atoms with Crippen LogP contribution in [0.3, 0.4) is 0 Å². The minimum Gasteiger partial charge on any atom is -0.342 e. The number of nitro benzene ring substituents is 1. The normalized spacial score (nSPS) is 14.9. The highest BCUT2D eigenvalue weighted by atomic mass is 32.2. The summed E-state index contributed by atoms with van der Waals surface area (Å²) in [6.07, 6.45) is 3.63. The predicted octanol–water partition coefficient (Wildman–Crippen LogP) is 5.97. The summed E-state index contributed by atoms with van der Waals surface area (Å²) in [7, 11) is 0. The molecule has 1 aliphatic heterocycles. The van der Waals surface area contributed by atoms with E-state index in [9.17, 15) is 24.1 Å². The summed E-state index contributed by atoms with van der Waals surface area (Å²) < 4.78 is 15.3. The molecule has 7 nitrogen and oxygen atoms in total. The fourth-order valence-electron chi connectivity index (χ4n) is 3.99. The number of thioether (sulfide) groups is 1. The molecule has 0 N–H and O–H groups in total. The minimum absolute atomic E-state index is 0.0341. The van der Waals surface area contributed by atoms with E-state index in [-0.39, 0.29) is 18.0 Å². The molecule has 174 valence electrons. The van der Waals surface area contributed by atoms with Crippen molar-refractivity contribution in [3.8, 4) is 0 Å². The third kappa shape index (κ3) is 4.58. The molecule has 0 radical (unpaired) electrons. The number of hydrogen-bond donors (Lipinski definition) is 0. The number of aromatic nitrogens is 1. The van der Waals surface area contributed by atoms with E-state index < -0.39 is 16.1 Å². The lowest BCUT2D eigenvalue weighted by Crippen LogP contribution is -2.27. The van der Waals surface area contributed by atoms with Crippen LogP contribution in [-0.2, 0) is 17.9 Å². The van der Waals surface area contributed by atoms with Crippen molar-refractivity contribution in [3.05, 3.63) is 117 Å². The average Bonchev–Trinajstić information content (AvgIpc) is 3.33. The van der Waals surface area contributed by atoms with Crippen LogP contribution in [0.15, 0.2) is 83.9 Å². The van der Waals surface area contributed by atoms with Crippen LogP contribution < -0.4 is 0 Å². The van der Waals surface area contributed by atoms with Gasteiger partial charge in [-0.05, 0) is 47.2 Å². The average molecular weight is 488 g/mol. The number of benzene rings is 3. The van der Waals surface area contributed by atoms with Crippen LogP contribution in [0.1, 0.15) is 16.7 Å². The second-order valence-corrected chi connectivity index (χ2v) is 9.04. The number of non-ortho nitro benzene ring substituents is 1. The van der Waals surface area contributed by atoms with Crippen molar-refractivity contribution in [1.82, 2.24) is 9.47 Å². The van der Waals surface area contributed by atoms with Crippen molar-refractivity contribution in [3.63, 3.8) is 0 Å². The molecule has 35 heavy (non-hydrogen) atoms. The zero-order chi connectivity index (χ0) is 24.5. The van der Waals surface area contributed by atoms with Gasteiger partial charge in [-0.15, -0.1) is 0 Å². The summed E-state index contributed by atoms with van der Waals surface area (Å²) in [6.45, 7) is 0.558. The van der Waals surface area contributed by atoms with Crippen molar-refractivity contribution in [1.29, 1.82) is 0 Å². The van der Waals surface area contributed by atoms with Crippen molar-refractivity contribution in [2.45, 2.75) is 13.1 Å². The van der Waals surface area contributed by atoms with Crippen LogP contribution in [0.2, 0.25) is 0 Å². The number of para-hydroxylation sites is 1. The fraction of sp³-hybridized carbons (Fsp3) is 0.0769. The van der Waals surface area contributed by atoms with Crippen molar-refractivity contribution < 1.29 is 18.9 Å². The van der Waals surface area contributed by atoms with E-state index in [1.165, 1.54) is 36.4 Å². The van der Waals surface area contributed by atoms with E-state index in [4.69, 9.17) is 0 Å². The van der Waals surface area contributed by atoms with Gasteiger partial charge < -0.3 is 4.57 Å². The molecule has 2 heterocycles. The van der Waals surface area contributed by atoms with E-state index in [1.54, 1.807) is 18.2 Å². The fourth-order valence-corrected chi connectivity index (χ4v) is 4.82. The van der Waals surface area contributed by atoms with Gasteiger partial charge >= 0.3 is 0 Å². The number of halogens is 1. The van der Waals surface area contributed by atoms with Crippen LogP contribution in [0.5, 0.6) is 0 Å². The Morgan fingerprint density at radius 3 is 2.29 bits per heavy atom. The van der Waals surface area contributed by atoms with Gasteiger partial charge in [0.1, 0.15) is 5.82 Å². The predicted molar refractivity (Wildman–Crippen MR) is 132 cm³/mol. The Morgan fingerprint density at radius 2 is 1.57 bits per heavy atom. The molecule has 0 bridgehead atoms. The van der Waals surface area contributed by atoms with Crippen molar-refractivity contribution in [2.75, 3.05) is 0 Å². The monoisotopic (exact) mass is 487 g/mol. The number of rotatable bonds is 6. The molecular formula is C26H18FN3O4S. The zero-order valence-corrected chi connectivity index (χ0v) is 19.1. The molecule has 1 fully saturated rings. The number of hydrogen-bond acceptors (Lipinski definition) is 5. The molecule has 1 aliphatic rings. The first kappa shape index (κ1) is 22.5. The lowest BCUT2D eigenvalue weighted by molar-refractivity contribution is -0.384. The summed E-state index contributed by atoms with van der Waals surface area (Å²) in [6, 6.07) is 19.8. The third-order valence-corrected chi connectivity index (χ3v) is 6.64. The molecule has 9 heteroatoms. The standard InChI is InChI=1S/C26H18FN3O4S/c27-20-9-5-17(6-10-20)14-28-16-19(22-3-1-2-4-23(22)28)13-24-25(31)29(26(32)35-24)15-18-7-11-21(12-8-18)30(33)34/h1-13,16H,14-15H2/b24-13-. The summed E-state index contributed by atoms with van der Waals surface area (Å²) in [5, 5.41) is 11.4. The first-order valence-electron chi connectivity index (χ1n) is 10.7. The maximum absolute atomic E-state index is 13.3. The number of amides is 2. The van der Waals surface area contributed by atoms with Gasteiger partial charge in [-0.2, -0.15) is 0 Å². The van der Waals surface area contributed by atoms with Crippen LogP contribution in [-0.4, -0.2) is 25.5 Å². The van der Waals surface area contributed by atoms with Gasteiger partial charge in [-0.25, -0.2) is 4.39 Å². The first-order valence-corrected chi connectivity index (χ1v) is 11.5. The van der Waals surface area contributed by atoms with Crippen LogP contribution >= 0.6 is 11.8 Å². The van der Waals surface area contributed by atoms with Gasteiger partial charge in [0, 0.05) is 41.3 Å². The Balaban J connectivity index is 1.42. The number of nitro groups is 1. The van der Waals surface area contributed by atoms with E-state index in [1.807, 2.05) is 35.0 Å². The number of imide groups is 1. The highest BCUT2D eigenvalue weighted by molar-refractivity contribution is 8.18. The minimum atomic E-state index is -0.501. The van der Waals surface area contributed by atoms with Crippen LogP contribution in [0.4, 0.5) is 14.9 Å². The third-order valence-electron chi connectivity index (χ3n) is 5.73. The molecule has 0 aliphatic carbocycles. The lowest BCUT2D eigenvalue weighted by atomic mass is 10.1. The van der Waals surface area contributed by atoms with E-state index in [0.29, 0.717) is 17.0 Å². The Labute approximate surface area is 203 Å². The summed E-state index contributed by atoms with van der Waals surface area (Å²) in [4.78, 5) is 37.4. The summed E-state index contributed by atoms with van der Waals surface area (Å²) in [5.74, 6) is -0.704. The molecule has 1 aromatic heterocycles. The van der Waals surface area contributed by atoms with Gasteiger partial charge in [-0.1, -0.05) is 42.5 Å². The van der Waals surface area contributed by atoms with Crippen LogP contribution in [0, 0.1) is 15.9 Å². The number of carbonyl (C=O) groups is 2. The summed E-state index contributed by atoms with van der Waals surface area (Å²) in [5.41, 5.74) is 3.24. The maximum Gasteiger partial charge on any atom is 0.293 e. The SMILES string of the molecule is O=C1S/C(=C\c2cn(Cc3ccc(F)cc3)c3ccccc23)C(=O)N1Cc1ccc([N+](=O)[O-])cc1. The van der Waals surface area contributed by atoms with Gasteiger partial charge in [0.25, 0.3) is 16.8 Å². The van der Waals surface area contributed by atoms with Crippen LogP contribution in [0.25, 0.3) is 17.0 Å². The quantitative estimate of drug-likeness (QED) is 0.190. The van der Waals surface area contributed by atoms with Gasteiger partial charge in [0.2, 0.25) is 0 Å². The topological polar surface area (TPSA) is 85.5 Å². The first-order chi connectivity index (χ1) is 16.9. The molecule has 3 aromatic carbocycles. The molecule has 0 unspecified atom stereocenters. The van der Waals surface area contributed by atoms with Crippen molar-refractivity contribution >= 4 is 45.6 Å². The second-order valence-electron chi connectivity index (χ2n) is 8.05. The Bertz CT molecular complexity index is 1490.